The summed E-state index contributed by atoms with van der Waals surface area (Å²) < 4.78 is 28.7. The molecule has 0 saturated carbocycles. The van der Waals surface area contributed by atoms with Crippen LogP contribution in [0.2, 0.25) is 0 Å². The van der Waals surface area contributed by atoms with Crippen LogP contribution in [-0.2, 0) is 19.7 Å². The minimum Gasteiger partial charge on any atom is -0.481 e. The Balaban J connectivity index is 0.00000196. The molecule has 1 saturated heterocycles. The first-order valence-electron chi connectivity index (χ1n) is 3.52. The molecule has 1 heterocycles. The molecule has 2 unspecified atom stereocenters. The van der Waals surface area contributed by atoms with E-state index in [0.29, 0.717) is 0 Å². The van der Waals surface area contributed by atoms with E-state index in [1.807, 2.05) is 5.32 Å². The Morgan fingerprint density at radius 1 is 1.60 bits per heavy atom. The highest BCUT2D eigenvalue weighted by Gasteiger charge is 2.38. The molecule has 0 aliphatic carbocycles. The minimum absolute atomic E-state index is 0. The Kier molecular flexibility index (Phi) is 4.84. The molecular formula is C5H10ClNO6S2. The maximum atomic E-state index is 10.8. The summed E-state index contributed by atoms with van der Waals surface area (Å²) in [4.78, 5) is 21.2. The third kappa shape index (κ3) is 3.86. The first-order valence-corrected chi connectivity index (χ1v) is 6.80. The zero-order valence-corrected chi connectivity index (χ0v) is 9.81. The van der Waals surface area contributed by atoms with E-state index >= 15 is 0 Å². The molecule has 1 rings (SSSR count). The molecule has 1 aliphatic rings. The van der Waals surface area contributed by atoms with E-state index in [9.17, 15) is 18.0 Å². The third-order valence-electron chi connectivity index (χ3n) is 1.58. The number of hydrogen-bond donors (Lipinski definition) is 4. The number of nitrogens with one attached hydrogen (secondary N) is 1. The van der Waals surface area contributed by atoms with E-state index in [0.717, 1.165) is 0 Å². The van der Waals surface area contributed by atoms with Crippen LogP contribution in [0.5, 0.6) is 0 Å². The van der Waals surface area contributed by atoms with Crippen LogP contribution in [0.1, 0.15) is 0 Å². The van der Waals surface area contributed by atoms with Crippen molar-refractivity contribution in [3.05, 3.63) is 0 Å². The van der Waals surface area contributed by atoms with Gasteiger partial charge in [-0.15, -0.1) is 12.4 Å². The predicted octanol–water partition coefficient (Wildman–Crippen LogP) is -1.20. The summed E-state index contributed by atoms with van der Waals surface area (Å²) >= 11 is 0. The summed E-state index contributed by atoms with van der Waals surface area (Å²) in [5.41, 5.74) is 0. The van der Waals surface area contributed by atoms with Crippen LogP contribution in [-0.4, -0.2) is 46.2 Å². The van der Waals surface area contributed by atoms with Crippen molar-refractivity contribution in [2.75, 3.05) is 11.5 Å². The lowest BCUT2D eigenvalue weighted by Crippen LogP contribution is -2.33. The lowest BCUT2D eigenvalue weighted by Gasteiger charge is -2.17. The second-order valence-electron chi connectivity index (χ2n) is 2.73. The maximum absolute atomic E-state index is 10.8. The van der Waals surface area contributed by atoms with Crippen molar-refractivity contribution in [2.24, 2.45) is 0 Å². The number of aliphatic carboxylic acids is 1. The second kappa shape index (κ2) is 5.01. The predicted molar refractivity (Wildman–Crippen MR) is 57.1 cm³/mol. The van der Waals surface area contributed by atoms with Gasteiger partial charge in [-0.25, -0.2) is 0 Å². The van der Waals surface area contributed by atoms with E-state index in [4.69, 9.17) is 9.66 Å². The molecule has 1 aliphatic heterocycles. The van der Waals surface area contributed by atoms with Gasteiger partial charge >= 0.3 is 5.97 Å². The molecular weight excluding hydrogens is 270 g/mol. The minimum atomic E-state index is -4.40. The average Bonchev–Trinajstić information content (AvgIpc) is 2.28. The highest BCUT2D eigenvalue weighted by molar-refractivity contribution is 8.25. The van der Waals surface area contributed by atoms with Gasteiger partial charge in [0.2, 0.25) is 5.91 Å². The Hall–Kier alpha value is -0.510. The first kappa shape index (κ1) is 14.5. The molecule has 1 fully saturated rings. The number of carboxylic acids is 1. The van der Waals surface area contributed by atoms with Crippen molar-refractivity contribution >= 4 is 45.3 Å². The van der Waals surface area contributed by atoms with Crippen LogP contribution in [0.25, 0.3) is 0 Å². The molecule has 0 radical (unpaired) electrons. The van der Waals surface area contributed by atoms with Crippen LogP contribution in [0, 0.1) is 0 Å². The molecule has 15 heavy (non-hydrogen) atoms. The molecule has 0 aromatic rings. The van der Waals surface area contributed by atoms with Crippen LogP contribution in [0.4, 0.5) is 0 Å². The molecule has 0 aromatic heterocycles. The van der Waals surface area contributed by atoms with Gasteiger partial charge in [-0.1, -0.05) is 0 Å². The van der Waals surface area contributed by atoms with Gasteiger partial charge in [0, 0.05) is 0 Å². The summed E-state index contributed by atoms with van der Waals surface area (Å²) in [5, 5.41) is 10.5. The van der Waals surface area contributed by atoms with Gasteiger partial charge in [0.15, 0.2) is 4.71 Å². The molecule has 0 spiro atoms. The Bertz CT molecular complexity index is 368. The third-order valence-corrected chi connectivity index (χ3v) is 6.12. The fraction of sp³-hybridized carbons (Fsp3) is 0.600. The number of rotatable bonds is 3. The zero-order valence-electron chi connectivity index (χ0n) is 7.28. The standard InChI is InChI=1S/C5H9NO6S2.ClH/c7-3-1-13(2-4(8)9)5(6-3)14(10,11)12;/h5,13H,1-2H2,(H,6,7)(H,8,9)(H,10,11,12);1H. The fourth-order valence-corrected chi connectivity index (χ4v) is 4.93. The van der Waals surface area contributed by atoms with Gasteiger partial charge in [0.1, 0.15) is 0 Å². The number of carbonyl (C=O) groups excluding carboxylic acids is 1. The maximum Gasteiger partial charge on any atom is 0.311 e. The van der Waals surface area contributed by atoms with E-state index < -0.39 is 43.3 Å². The topological polar surface area (TPSA) is 121 Å². The monoisotopic (exact) mass is 279 g/mol. The van der Waals surface area contributed by atoms with Gasteiger partial charge in [-0.3, -0.25) is 14.1 Å². The van der Waals surface area contributed by atoms with Crippen LogP contribution in [0.3, 0.4) is 0 Å². The lowest BCUT2D eigenvalue weighted by molar-refractivity contribution is -0.133. The molecule has 90 valence electrons. The molecule has 10 heteroatoms. The van der Waals surface area contributed by atoms with Crippen LogP contribution < -0.4 is 5.32 Å². The van der Waals surface area contributed by atoms with E-state index in [2.05, 4.69) is 0 Å². The number of amides is 1. The highest BCUT2D eigenvalue weighted by Crippen LogP contribution is 2.36. The first-order chi connectivity index (χ1) is 6.30. The van der Waals surface area contributed by atoms with Gasteiger partial charge in [0.05, 0.1) is 11.5 Å². The van der Waals surface area contributed by atoms with Crippen molar-refractivity contribution in [1.29, 1.82) is 0 Å². The van der Waals surface area contributed by atoms with Gasteiger partial charge < -0.3 is 10.4 Å². The van der Waals surface area contributed by atoms with Crippen LogP contribution in [0.15, 0.2) is 0 Å². The van der Waals surface area contributed by atoms with Gasteiger partial charge in [-0.05, 0) is 0 Å². The van der Waals surface area contributed by atoms with E-state index in [-0.39, 0.29) is 18.2 Å². The van der Waals surface area contributed by atoms with E-state index in [1.54, 1.807) is 0 Å². The summed E-state index contributed by atoms with van der Waals surface area (Å²) in [6.07, 6.45) is 0. The quantitative estimate of drug-likeness (QED) is 0.380. The molecule has 0 aromatic carbocycles. The van der Waals surface area contributed by atoms with Crippen molar-refractivity contribution in [1.82, 2.24) is 5.32 Å². The number of carbonyl (C=O) groups is 2. The SMILES string of the molecule is Cl.O=C(O)C[SH]1CC(=O)NC1S(=O)(=O)O. The van der Waals surface area contributed by atoms with E-state index in [1.165, 1.54) is 0 Å². The van der Waals surface area contributed by atoms with Crippen molar-refractivity contribution < 1.29 is 27.7 Å². The number of carboxylic acid groups (broad SMARTS) is 1. The Morgan fingerprint density at radius 3 is 2.53 bits per heavy atom. The van der Waals surface area contributed by atoms with Crippen molar-refractivity contribution in [3.8, 4) is 0 Å². The number of hydrogen-bond acceptors (Lipinski definition) is 4. The average molecular weight is 280 g/mol. The Morgan fingerprint density at radius 2 is 2.13 bits per heavy atom. The van der Waals surface area contributed by atoms with Crippen LogP contribution >= 0.6 is 23.3 Å². The number of halogens is 1. The smallest absolute Gasteiger partial charge is 0.311 e. The molecule has 7 nitrogen and oxygen atoms in total. The summed E-state index contributed by atoms with van der Waals surface area (Å²) in [6.45, 7) is 0. The van der Waals surface area contributed by atoms with Crippen molar-refractivity contribution in [2.45, 2.75) is 4.71 Å². The number of thiol groups is 1. The highest BCUT2D eigenvalue weighted by atomic mass is 35.5. The lowest BCUT2D eigenvalue weighted by atomic mass is 10.7. The van der Waals surface area contributed by atoms with Gasteiger partial charge in [0.25, 0.3) is 10.1 Å². The zero-order chi connectivity index (χ0) is 10.9. The molecule has 1 amide bonds. The second-order valence-corrected chi connectivity index (χ2v) is 6.91. The molecule has 3 N–H and O–H groups in total. The summed E-state index contributed by atoms with van der Waals surface area (Å²) in [7, 11) is -5.97. The normalized spacial score (nSPS) is 27.9. The largest absolute Gasteiger partial charge is 0.481 e. The summed E-state index contributed by atoms with van der Waals surface area (Å²) in [6, 6.07) is 0. The van der Waals surface area contributed by atoms with Gasteiger partial charge in [-0.2, -0.15) is 19.3 Å². The van der Waals surface area contributed by atoms with Crippen molar-refractivity contribution in [3.63, 3.8) is 0 Å². The Labute approximate surface area is 94.7 Å². The fourth-order valence-electron chi connectivity index (χ4n) is 1.12. The molecule has 0 bridgehead atoms. The summed E-state index contributed by atoms with van der Waals surface area (Å²) in [5.74, 6) is -2.26. The molecule has 2 atom stereocenters.